The van der Waals surface area contributed by atoms with Crippen LogP contribution in [-0.2, 0) is 0 Å². The molecule has 2 rings (SSSR count). The molecule has 0 aromatic heterocycles. The molecule has 0 aliphatic heterocycles. The molecule has 1 saturated carbocycles. The molecule has 7 heteroatoms. The average molecular weight is 349 g/mol. The predicted octanol–water partition coefficient (Wildman–Crippen LogP) is 2.94. The van der Waals surface area contributed by atoms with Gasteiger partial charge in [-0.05, 0) is 26.0 Å². The van der Waals surface area contributed by atoms with E-state index in [1.54, 1.807) is 11.9 Å². The molecule has 0 saturated heterocycles. The fourth-order valence-corrected chi connectivity index (χ4v) is 3.30. The van der Waals surface area contributed by atoms with Crippen molar-refractivity contribution in [3.05, 3.63) is 33.9 Å². The molecule has 7 nitrogen and oxygen atoms in total. The third-order valence-electron chi connectivity index (χ3n) is 4.96. The minimum absolute atomic E-state index is 0.114. The smallest absolute Gasteiger partial charge is 0.270 e. The summed E-state index contributed by atoms with van der Waals surface area (Å²) in [7, 11) is 5.27. The Morgan fingerprint density at radius 1 is 1.24 bits per heavy atom. The van der Waals surface area contributed by atoms with Crippen molar-refractivity contribution in [2.45, 2.75) is 38.1 Å². The molecule has 1 amide bonds. The van der Waals surface area contributed by atoms with Gasteiger partial charge in [-0.1, -0.05) is 19.3 Å². The van der Waals surface area contributed by atoms with Gasteiger partial charge in [0.15, 0.2) is 0 Å². The van der Waals surface area contributed by atoms with Crippen LogP contribution < -0.4 is 4.74 Å². The van der Waals surface area contributed by atoms with Crippen LogP contribution in [0.1, 0.15) is 42.5 Å². The van der Waals surface area contributed by atoms with E-state index in [2.05, 4.69) is 11.9 Å². The van der Waals surface area contributed by atoms with E-state index in [0.717, 1.165) is 6.54 Å². The van der Waals surface area contributed by atoms with Crippen LogP contribution in [0.4, 0.5) is 5.69 Å². The maximum Gasteiger partial charge on any atom is 0.270 e. The van der Waals surface area contributed by atoms with Crippen LogP contribution in [-0.4, -0.2) is 61.0 Å². The van der Waals surface area contributed by atoms with Gasteiger partial charge in [-0.25, -0.2) is 0 Å². The monoisotopic (exact) mass is 349 g/mol. The molecule has 25 heavy (non-hydrogen) atoms. The van der Waals surface area contributed by atoms with Gasteiger partial charge in [0.05, 0.1) is 17.6 Å². The third kappa shape index (κ3) is 4.92. The zero-order chi connectivity index (χ0) is 18.4. The van der Waals surface area contributed by atoms with Crippen molar-refractivity contribution >= 4 is 11.6 Å². The first-order valence-corrected chi connectivity index (χ1v) is 8.72. The number of likely N-dealkylation sites (N-methyl/N-ethyl adjacent to an activating group) is 2. The number of methoxy groups -OCH3 is 1. The van der Waals surface area contributed by atoms with E-state index in [-0.39, 0.29) is 17.2 Å². The summed E-state index contributed by atoms with van der Waals surface area (Å²) in [5.74, 6) is 0.0840. The Hall–Kier alpha value is -2.15. The summed E-state index contributed by atoms with van der Waals surface area (Å²) in [6, 6.07) is 4.67. The highest BCUT2D eigenvalue weighted by molar-refractivity contribution is 5.97. The van der Waals surface area contributed by atoms with Crippen LogP contribution in [0, 0.1) is 10.1 Å². The minimum Gasteiger partial charge on any atom is -0.496 e. The van der Waals surface area contributed by atoms with Crippen molar-refractivity contribution in [2.75, 3.05) is 34.3 Å². The Morgan fingerprint density at radius 2 is 1.92 bits per heavy atom. The van der Waals surface area contributed by atoms with Crippen molar-refractivity contribution in [3.8, 4) is 5.75 Å². The van der Waals surface area contributed by atoms with Gasteiger partial charge >= 0.3 is 0 Å². The van der Waals surface area contributed by atoms with Gasteiger partial charge in [0, 0.05) is 38.3 Å². The number of hydrogen-bond donors (Lipinski definition) is 0. The lowest BCUT2D eigenvalue weighted by Crippen LogP contribution is -2.40. The fraction of sp³-hybridized carbons (Fsp3) is 0.611. The van der Waals surface area contributed by atoms with Crippen molar-refractivity contribution in [1.82, 2.24) is 9.80 Å². The Balaban J connectivity index is 2.01. The number of carbonyl (C=O) groups excluding carboxylic acids is 1. The Labute approximate surface area is 148 Å². The van der Waals surface area contributed by atoms with Crippen LogP contribution in [0.15, 0.2) is 18.2 Å². The largest absolute Gasteiger partial charge is 0.496 e. The third-order valence-corrected chi connectivity index (χ3v) is 4.96. The first kappa shape index (κ1) is 19.2. The second-order valence-corrected chi connectivity index (χ2v) is 6.64. The van der Waals surface area contributed by atoms with Gasteiger partial charge in [-0.15, -0.1) is 0 Å². The average Bonchev–Trinajstić information content (AvgIpc) is 2.65. The van der Waals surface area contributed by atoms with Gasteiger partial charge in [0.25, 0.3) is 11.6 Å². The highest BCUT2D eigenvalue weighted by Gasteiger charge is 2.22. The second-order valence-electron chi connectivity index (χ2n) is 6.64. The minimum atomic E-state index is -0.507. The van der Waals surface area contributed by atoms with Crippen LogP contribution in [0.25, 0.3) is 0 Å². The number of benzene rings is 1. The number of hydrogen-bond acceptors (Lipinski definition) is 5. The summed E-state index contributed by atoms with van der Waals surface area (Å²) in [5.41, 5.74) is 0.108. The quantitative estimate of drug-likeness (QED) is 0.559. The molecule has 0 N–H and O–H groups in total. The van der Waals surface area contributed by atoms with Gasteiger partial charge in [-0.2, -0.15) is 0 Å². The van der Waals surface area contributed by atoms with E-state index in [9.17, 15) is 14.9 Å². The Morgan fingerprint density at radius 3 is 2.52 bits per heavy atom. The maximum atomic E-state index is 12.7. The summed E-state index contributed by atoms with van der Waals surface area (Å²) in [6.07, 6.45) is 6.29. The Kier molecular flexibility index (Phi) is 6.75. The van der Waals surface area contributed by atoms with Gasteiger partial charge < -0.3 is 14.5 Å². The SMILES string of the molecule is COc1ccc([N+](=O)[O-])cc1C(=O)N(C)CCN(C)C1CCCCC1. The lowest BCUT2D eigenvalue weighted by molar-refractivity contribution is -0.384. The van der Waals surface area contributed by atoms with Crippen LogP contribution >= 0.6 is 0 Å². The van der Waals surface area contributed by atoms with Crippen molar-refractivity contribution < 1.29 is 14.5 Å². The molecular formula is C18H27N3O4. The van der Waals surface area contributed by atoms with Gasteiger partial charge in [0.2, 0.25) is 0 Å². The molecule has 1 aromatic carbocycles. The lowest BCUT2D eigenvalue weighted by atomic mass is 9.94. The molecular weight excluding hydrogens is 322 g/mol. The van der Waals surface area contributed by atoms with Crippen molar-refractivity contribution in [1.29, 1.82) is 0 Å². The summed E-state index contributed by atoms with van der Waals surface area (Å²) < 4.78 is 5.19. The summed E-state index contributed by atoms with van der Waals surface area (Å²) in [4.78, 5) is 27.1. The van der Waals surface area contributed by atoms with E-state index >= 15 is 0 Å². The van der Waals surface area contributed by atoms with E-state index < -0.39 is 4.92 Å². The number of rotatable bonds is 7. The zero-order valence-corrected chi connectivity index (χ0v) is 15.2. The van der Waals surface area contributed by atoms with E-state index in [0.29, 0.717) is 18.3 Å². The first-order chi connectivity index (χ1) is 11.9. The van der Waals surface area contributed by atoms with E-state index in [1.807, 2.05) is 0 Å². The summed E-state index contributed by atoms with van der Waals surface area (Å²) >= 11 is 0. The molecule has 138 valence electrons. The molecule has 0 unspecified atom stereocenters. The number of carbonyl (C=O) groups is 1. The number of ether oxygens (including phenoxy) is 1. The predicted molar refractivity (Wildman–Crippen MR) is 96.1 cm³/mol. The fourth-order valence-electron chi connectivity index (χ4n) is 3.30. The molecule has 0 bridgehead atoms. The molecule has 0 atom stereocenters. The molecule has 0 spiro atoms. The number of nitro benzene ring substituents is 1. The zero-order valence-electron chi connectivity index (χ0n) is 15.2. The van der Waals surface area contributed by atoms with E-state index in [1.165, 1.54) is 57.4 Å². The number of nitrogens with zero attached hydrogens (tertiary/aromatic N) is 3. The number of nitro groups is 1. The van der Waals surface area contributed by atoms with Crippen molar-refractivity contribution in [3.63, 3.8) is 0 Å². The van der Waals surface area contributed by atoms with E-state index in [4.69, 9.17) is 4.74 Å². The first-order valence-electron chi connectivity index (χ1n) is 8.72. The standard InChI is InChI=1S/C18H27N3O4/c1-19(14-7-5-4-6-8-14)11-12-20(2)18(22)16-13-15(21(23)24)9-10-17(16)25-3/h9-10,13-14H,4-8,11-12H2,1-3H3. The molecule has 1 aromatic rings. The number of amides is 1. The van der Waals surface area contributed by atoms with Crippen LogP contribution in [0.3, 0.4) is 0 Å². The molecule has 1 aliphatic rings. The molecule has 1 fully saturated rings. The topological polar surface area (TPSA) is 75.9 Å². The second kappa shape index (κ2) is 8.80. The number of non-ortho nitro benzene ring substituents is 1. The lowest BCUT2D eigenvalue weighted by Gasteiger charge is -2.32. The van der Waals surface area contributed by atoms with Gasteiger partial charge in [-0.3, -0.25) is 14.9 Å². The molecule has 0 heterocycles. The highest BCUT2D eigenvalue weighted by Crippen LogP contribution is 2.25. The summed E-state index contributed by atoms with van der Waals surface area (Å²) in [6.45, 7) is 1.35. The van der Waals surface area contributed by atoms with Crippen LogP contribution in [0.2, 0.25) is 0 Å². The van der Waals surface area contributed by atoms with Gasteiger partial charge in [0.1, 0.15) is 5.75 Å². The normalized spacial score (nSPS) is 15.2. The molecule has 0 radical (unpaired) electrons. The van der Waals surface area contributed by atoms with Crippen molar-refractivity contribution in [2.24, 2.45) is 0 Å². The highest BCUT2D eigenvalue weighted by atomic mass is 16.6. The summed E-state index contributed by atoms with van der Waals surface area (Å²) in [5, 5.41) is 11.0. The van der Waals surface area contributed by atoms with Crippen LogP contribution in [0.5, 0.6) is 5.75 Å². The maximum absolute atomic E-state index is 12.7. The molecule has 1 aliphatic carbocycles. The Bertz CT molecular complexity index is 614.